The van der Waals surface area contributed by atoms with Crippen molar-refractivity contribution in [1.82, 2.24) is 4.57 Å². The molecule has 0 fully saturated rings. The van der Waals surface area contributed by atoms with Crippen LogP contribution in [0.3, 0.4) is 0 Å². The van der Waals surface area contributed by atoms with Crippen molar-refractivity contribution in [2.45, 2.75) is 6.54 Å². The molecule has 0 bridgehead atoms. The number of aromatic nitrogens is 1. The van der Waals surface area contributed by atoms with Gasteiger partial charge >= 0.3 is 0 Å². The molecule has 0 saturated heterocycles. The van der Waals surface area contributed by atoms with Crippen LogP contribution in [0.5, 0.6) is 11.5 Å². The molecule has 20 heavy (non-hydrogen) atoms. The minimum Gasteiger partial charge on any atom is -0.493 e. The molecule has 0 unspecified atom stereocenters. The van der Waals surface area contributed by atoms with E-state index in [1.165, 1.54) is 0 Å². The highest BCUT2D eigenvalue weighted by molar-refractivity contribution is 9.10. The molecule has 1 aromatic heterocycles. The molecule has 0 aliphatic carbocycles. The number of nitrogens with zero attached hydrogens (tertiary/aromatic N) is 1. The number of pyridine rings is 1. The summed E-state index contributed by atoms with van der Waals surface area (Å²) in [5, 5.41) is 0. The van der Waals surface area contributed by atoms with E-state index in [0.717, 1.165) is 5.56 Å². The number of rotatable bonds is 4. The van der Waals surface area contributed by atoms with Gasteiger partial charge in [0.25, 0.3) is 5.56 Å². The Morgan fingerprint density at radius 1 is 1.20 bits per heavy atom. The van der Waals surface area contributed by atoms with Gasteiger partial charge in [-0.05, 0) is 39.7 Å². The number of nitrogens with two attached hydrogens (primary N) is 1. The maximum absolute atomic E-state index is 12.0. The van der Waals surface area contributed by atoms with E-state index in [0.29, 0.717) is 28.2 Å². The molecule has 2 N–H and O–H groups in total. The predicted molar refractivity (Wildman–Crippen MR) is 81.5 cm³/mol. The lowest BCUT2D eigenvalue weighted by molar-refractivity contribution is 0.354. The van der Waals surface area contributed by atoms with Crippen molar-refractivity contribution in [3.8, 4) is 11.5 Å². The molecule has 6 heteroatoms. The zero-order valence-corrected chi connectivity index (χ0v) is 12.8. The van der Waals surface area contributed by atoms with Gasteiger partial charge in [0.15, 0.2) is 11.5 Å². The highest BCUT2D eigenvalue weighted by Crippen LogP contribution is 2.27. The fourth-order valence-electron chi connectivity index (χ4n) is 1.91. The monoisotopic (exact) mass is 338 g/mol. The topological polar surface area (TPSA) is 66.5 Å². The lowest BCUT2D eigenvalue weighted by atomic mass is 10.2. The molecule has 0 spiro atoms. The third-order valence-corrected chi connectivity index (χ3v) is 3.43. The summed E-state index contributed by atoms with van der Waals surface area (Å²) in [5.41, 5.74) is 7.06. The van der Waals surface area contributed by atoms with E-state index in [4.69, 9.17) is 15.2 Å². The number of benzene rings is 1. The standard InChI is InChI=1S/C14H15BrN2O3/c1-19-12-4-3-9(5-13(12)20-2)7-17-8-10(16)6-11(15)14(17)18/h3-6,8H,7,16H2,1-2H3. The molecule has 1 aromatic carbocycles. The number of halogens is 1. The van der Waals surface area contributed by atoms with E-state index in [1.807, 2.05) is 12.1 Å². The third kappa shape index (κ3) is 2.96. The van der Waals surface area contributed by atoms with E-state index in [2.05, 4.69) is 15.9 Å². The minimum atomic E-state index is -0.131. The average Bonchev–Trinajstić information content (AvgIpc) is 2.44. The second-order valence-corrected chi connectivity index (χ2v) is 5.10. The Morgan fingerprint density at radius 2 is 1.90 bits per heavy atom. The number of methoxy groups -OCH3 is 2. The second kappa shape index (κ2) is 6.00. The van der Waals surface area contributed by atoms with Gasteiger partial charge in [0.05, 0.1) is 25.2 Å². The molecule has 106 valence electrons. The lowest BCUT2D eigenvalue weighted by Gasteiger charge is -2.11. The smallest absolute Gasteiger partial charge is 0.265 e. The fourth-order valence-corrected chi connectivity index (χ4v) is 2.41. The maximum Gasteiger partial charge on any atom is 0.265 e. The number of ether oxygens (including phenoxy) is 2. The van der Waals surface area contributed by atoms with Crippen molar-refractivity contribution < 1.29 is 9.47 Å². The van der Waals surface area contributed by atoms with Gasteiger partial charge in [0.1, 0.15) is 0 Å². The molecule has 0 atom stereocenters. The number of anilines is 1. The molecule has 0 amide bonds. The van der Waals surface area contributed by atoms with Gasteiger partial charge in [-0.1, -0.05) is 6.07 Å². The van der Waals surface area contributed by atoms with Crippen molar-refractivity contribution in [3.05, 3.63) is 50.9 Å². The first-order valence-corrected chi connectivity index (χ1v) is 6.71. The van der Waals surface area contributed by atoms with E-state index in [-0.39, 0.29) is 5.56 Å². The molecule has 0 aliphatic rings. The predicted octanol–water partition coefficient (Wildman–Crippen LogP) is 2.26. The van der Waals surface area contributed by atoms with Crippen molar-refractivity contribution in [3.63, 3.8) is 0 Å². The Bertz CT molecular complexity index is 683. The summed E-state index contributed by atoms with van der Waals surface area (Å²) in [4.78, 5) is 12.0. The number of nitrogen functional groups attached to an aromatic ring is 1. The third-order valence-electron chi connectivity index (χ3n) is 2.86. The molecule has 2 rings (SSSR count). The van der Waals surface area contributed by atoms with Crippen molar-refractivity contribution in [1.29, 1.82) is 0 Å². The second-order valence-electron chi connectivity index (χ2n) is 4.24. The Kier molecular flexibility index (Phi) is 4.34. The molecule has 0 saturated carbocycles. The quantitative estimate of drug-likeness (QED) is 0.928. The van der Waals surface area contributed by atoms with Crippen LogP contribution in [0.1, 0.15) is 5.56 Å². The van der Waals surface area contributed by atoms with Gasteiger partial charge in [-0.2, -0.15) is 0 Å². The van der Waals surface area contributed by atoms with E-state index < -0.39 is 0 Å². The largest absolute Gasteiger partial charge is 0.493 e. The summed E-state index contributed by atoms with van der Waals surface area (Å²) in [6, 6.07) is 7.11. The lowest BCUT2D eigenvalue weighted by Crippen LogP contribution is -2.21. The van der Waals surface area contributed by atoms with Crippen LogP contribution in [0, 0.1) is 0 Å². The Balaban J connectivity index is 2.38. The first-order valence-electron chi connectivity index (χ1n) is 5.91. The summed E-state index contributed by atoms with van der Waals surface area (Å²) in [6.07, 6.45) is 1.61. The van der Waals surface area contributed by atoms with Crippen LogP contribution >= 0.6 is 15.9 Å². The summed E-state index contributed by atoms with van der Waals surface area (Å²) >= 11 is 3.20. The normalized spacial score (nSPS) is 10.3. The summed E-state index contributed by atoms with van der Waals surface area (Å²) in [6.45, 7) is 0.406. The average molecular weight is 339 g/mol. The van der Waals surface area contributed by atoms with Crippen molar-refractivity contribution in [2.24, 2.45) is 0 Å². The Morgan fingerprint density at radius 3 is 2.55 bits per heavy atom. The van der Waals surface area contributed by atoms with Crippen LogP contribution in [0.2, 0.25) is 0 Å². The number of hydrogen-bond donors (Lipinski definition) is 1. The van der Waals surface area contributed by atoms with E-state index >= 15 is 0 Å². The van der Waals surface area contributed by atoms with E-state index in [9.17, 15) is 4.79 Å². The Hall–Kier alpha value is -1.95. The van der Waals surface area contributed by atoms with Crippen LogP contribution in [0.15, 0.2) is 39.7 Å². The first-order chi connectivity index (χ1) is 9.55. The summed E-state index contributed by atoms with van der Waals surface area (Å²) < 4.78 is 12.4. The summed E-state index contributed by atoms with van der Waals surface area (Å²) in [5.74, 6) is 1.28. The van der Waals surface area contributed by atoms with Crippen LogP contribution in [-0.4, -0.2) is 18.8 Å². The van der Waals surface area contributed by atoms with Crippen LogP contribution in [0.4, 0.5) is 5.69 Å². The molecular formula is C14H15BrN2O3. The van der Waals surface area contributed by atoms with Gasteiger partial charge in [0.2, 0.25) is 0 Å². The molecule has 5 nitrogen and oxygen atoms in total. The number of hydrogen-bond acceptors (Lipinski definition) is 4. The molecular weight excluding hydrogens is 324 g/mol. The van der Waals surface area contributed by atoms with Gasteiger partial charge in [0, 0.05) is 11.9 Å². The first kappa shape index (κ1) is 14.5. The molecule has 0 aliphatic heterocycles. The minimum absolute atomic E-state index is 0.131. The zero-order valence-electron chi connectivity index (χ0n) is 11.2. The molecule has 2 aromatic rings. The molecule has 0 radical (unpaired) electrons. The van der Waals surface area contributed by atoms with Crippen molar-refractivity contribution in [2.75, 3.05) is 20.0 Å². The van der Waals surface area contributed by atoms with E-state index in [1.54, 1.807) is 37.1 Å². The fraction of sp³-hybridized carbons (Fsp3) is 0.214. The van der Waals surface area contributed by atoms with Gasteiger partial charge in [-0.3, -0.25) is 4.79 Å². The zero-order chi connectivity index (χ0) is 14.7. The highest BCUT2D eigenvalue weighted by atomic mass is 79.9. The van der Waals surface area contributed by atoms with Crippen molar-refractivity contribution >= 4 is 21.6 Å². The maximum atomic E-state index is 12.0. The van der Waals surface area contributed by atoms with Crippen LogP contribution in [0.25, 0.3) is 0 Å². The van der Waals surface area contributed by atoms with Gasteiger partial charge in [-0.25, -0.2) is 0 Å². The Labute approximate surface area is 125 Å². The highest BCUT2D eigenvalue weighted by Gasteiger charge is 2.07. The molecule has 1 heterocycles. The summed E-state index contributed by atoms with van der Waals surface area (Å²) in [7, 11) is 3.15. The van der Waals surface area contributed by atoms with Gasteiger partial charge < -0.3 is 19.8 Å². The van der Waals surface area contributed by atoms with Crippen LogP contribution < -0.4 is 20.8 Å². The van der Waals surface area contributed by atoms with Crippen LogP contribution in [-0.2, 0) is 6.54 Å². The SMILES string of the molecule is COc1ccc(Cn2cc(N)cc(Br)c2=O)cc1OC. The van der Waals surface area contributed by atoms with Gasteiger partial charge in [-0.15, -0.1) is 0 Å².